The molecular formula is C37H37Cl2N5O3. The van der Waals surface area contributed by atoms with E-state index >= 15 is 0 Å². The number of aliphatic hydroxyl groups is 1. The fourth-order valence-electron chi connectivity index (χ4n) is 6.68. The van der Waals surface area contributed by atoms with Gasteiger partial charge in [-0.2, -0.15) is 0 Å². The van der Waals surface area contributed by atoms with Crippen molar-refractivity contribution in [3.05, 3.63) is 99.3 Å². The minimum Gasteiger partial charge on any atom is -0.434 e. The van der Waals surface area contributed by atoms with Crippen molar-refractivity contribution < 1.29 is 14.3 Å². The van der Waals surface area contributed by atoms with E-state index in [1.807, 2.05) is 49.4 Å². The Labute approximate surface area is 284 Å². The first-order valence-electron chi connectivity index (χ1n) is 16.2. The fourth-order valence-corrected chi connectivity index (χ4v) is 7.23. The molecule has 0 spiro atoms. The van der Waals surface area contributed by atoms with Crippen LogP contribution in [0.5, 0.6) is 0 Å². The molecule has 0 radical (unpaired) electrons. The first-order chi connectivity index (χ1) is 22.8. The van der Waals surface area contributed by atoms with E-state index in [2.05, 4.69) is 26.2 Å². The molecule has 47 heavy (non-hydrogen) atoms. The Morgan fingerprint density at radius 2 is 1.70 bits per heavy atom. The Bertz CT molecular complexity index is 1920. The average Bonchev–Trinajstić information content (AvgIpc) is 3.69. The molecule has 0 aliphatic carbocycles. The van der Waals surface area contributed by atoms with Gasteiger partial charge in [0.25, 0.3) is 5.91 Å². The quantitative estimate of drug-likeness (QED) is 0.173. The highest BCUT2D eigenvalue weighted by Crippen LogP contribution is 2.39. The monoisotopic (exact) mass is 669 g/mol. The number of halogens is 2. The molecule has 2 aliphatic heterocycles. The molecule has 7 rings (SSSR count). The molecule has 1 atom stereocenters. The van der Waals surface area contributed by atoms with Crippen LogP contribution in [-0.2, 0) is 13.1 Å². The standard InChI is InChI=1S/C37H37Cl2N5O3/c1-23-27(7-5-8-28(23)37-42-33-18-25(17-30(38)35(33)47-37)21-43-14-3-2-4-15-43)29-9-6-10-31(34(29)39)41-36(46)32-12-11-24(19-40-32)20-44-16-13-26(45)22-44/h5-12,17-19,26,45H,2-4,13-16,20-22H2,1H3,(H,41,46). The van der Waals surface area contributed by atoms with Crippen molar-refractivity contribution in [3.8, 4) is 22.6 Å². The predicted molar refractivity (Wildman–Crippen MR) is 187 cm³/mol. The van der Waals surface area contributed by atoms with Crippen LogP contribution >= 0.6 is 23.2 Å². The van der Waals surface area contributed by atoms with Gasteiger partial charge in [-0.3, -0.25) is 19.6 Å². The number of piperidine rings is 1. The topological polar surface area (TPSA) is 94.7 Å². The molecule has 2 aliphatic rings. The molecule has 2 fully saturated rings. The third-order valence-electron chi connectivity index (χ3n) is 9.17. The molecule has 2 saturated heterocycles. The van der Waals surface area contributed by atoms with Gasteiger partial charge in [0.15, 0.2) is 5.58 Å². The SMILES string of the molecule is Cc1c(-c2nc3cc(CN4CCCCC4)cc(Cl)c3o2)cccc1-c1cccc(NC(=O)c2ccc(CN3CCC(O)C3)cn2)c1Cl. The number of carbonyl (C=O) groups excluding carboxylic acids is 1. The number of hydrogen-bond acceptors (Lipinski definition) is 7. The number of aliphatic hydroxyl groups excluding tert-OH is 1. The number of likely N-dealkylation sites (tertiary alicyclic amines) is 2. The van der Waals surface area contributed by atoms with Gasteiger partial charge in [0.1, 0.15) is 11.2 Å². The van der Waals surface area contributed by atoms with Crippen LogP contribution in [0.25, 0.3) is 33.7 Å². The summed E-state index contributed by atoms with van der Waals surface area (Å²) in [5.74, 6) is 0.146. The molecule has 4 heterocycles. The van der Waals surface area contributed by atoms with Crippen molar-refractivity contribution in [1.82, 2.24) is 19.8 Å². The van der Waals surface area contributed by atoms with Crippen molar-refractivity contribution in [3.63, 3.8) is 0 Å². The van der Waals surface area contributed by atoms with E-state index in [4.69, 9.17) is 32.6 Å². The summed E-state index contributed by atoms with van der Waals surface area (Å²) in [5, 5.41) is 13.7. The maximum absolute atomic E-state index is 13.2. The molecule has 1 amide bonds. The van der Waals surface area contributed by atoms with E-state index in [-0.39, 0.29) is 12.0 Å². The third kappa shape index (κ3) is 6.93. The molecular weight excluding hydrogens is 633 g/mol. The molecule has 0 saturated carbocycles. The summed E-state index contributed by atoms with van der Waals surface area (Å²) < 4.78 is 6.24. The smallest absolute Gasteiger partial charge is 0.274 e. The van der Waals surface area contributed by atoms with Gasteiger partial charge >= 0.3 is 0 Å². The van der Waals surface area contributed by atoms with E-state index in [9.17, 15) is 9.90 Å². The second-order valence-electron chi connectivity index (χ2n) is 12.6. The van der Waals surface area contributed by atoms with Gasteiger partial charge in [-0.15, -0.1) is 0 Å². The maximum Gasteiger partial charge on any atom is 0.274 e. The number of nitrogens with one attached hydrogen (secondary N) is 1. The minimum atomic E-state index is -0.347. The zero-order chi connectivity index (χ0) is 32.5. The first-order valence-corrected chi connectivity index (χ1v) is 16.9. The average molecular weight is 671 g/mol. The van der Waals surface area contributed by atoms with Crippen molar-refractivity contribution in [2.75, 3.05) is 31.5 Å². The van der Waals surface area contributed by atoms with Crippen LogP contribution in [0.15, 0.2) is 71.3 Å². The van der Waals surface area contributed by atoms with Crippen LogP contribution in [0.3, 0.4) is 0 Å². The molecule has 8 nitrogen and oxygen atoms in total. The highest BCUT2D eigenvalue weighted by atomic mass is 35.5. The predicted octanol–water partition coefficient (Wildman–Crippen LogP) is 7.98. The van der Waals surface area contributed by atoms with Crippen LogP contribution in [0, 0.1) is 6.92 Å². The molecule has 242 valence electrons. The Morgan fingerprint density at radius 3 is 2.47 bits per heavy atom. The number of rotatable bonds is 8. The Hall–Kier alpha value is -3.79. The molecule has 3 aromatic carbocycles. The number of amides is 1. The second-order valence-corrected chi connectivity index (χ2v) is 13.4. The first kappa shape index (κ1) is 31.8. The van der Waals surface area contributed by atoms with Crippen molar-refractivity contribution in [2.24, 2.45) is 0 Å². The minimum absolute atomic E-state index is 0.275. The van der Waals surface area contributed by atoms with Gasteiger partial charge < -0.3 is 14.8 Å². The number of carbonyl (C=O) groups is 1. The Kier molecular flexibility index (Phi) is 9.30. The number of nitrogens with zero attached hydrogens (tertiary/aromatic N) is 4. The van der Waals surface area contributed by atoms with E-state index < -0.39 is 0 Å². The number of β-amino-alcohol motifs (C(OH)–C–C–N with tert-alkyl or cyclic N) is 1. The van der Waals surface area contributed by atoms with Gasteiger partial charge in [0.05, 0.1) is 21.8 Å². The lowest BCUT2D eigenvalue weighted by atomic mass is 9.96. The van der Waals surface area contributed by atoms with E-state index in [0.29, 0.717) is 46.0 Å². The zero-order valence-electron chi connectivity index (χ0n) is 26.3. The maximum atomic E-state index is 13.2. The highest BCUT2D eigenvalue weighted by molar-refractivity contribution is 6.36. The van der Waals surface area contributed by atoms with E-state index in [1.54, 1.807) is 18.3 Å². The number of pyridine rings is 1. The van der Waals surface area contributed by atoms with Crippen molar-refractivity contribution >= 4 is 45.9 Å². The number of oxazole rings is 1. The highest BCUT2D eigenvalue weighted by Gasteiger charge is 2.22. The summed E-state index contributed by atoms with van der Waals surface area (Å²) in [6.45, 7) is 7.27. The van der Waals surface area contributed by atoms with Gasteiger partial charge in [-0.1, -0.05) is 60.0 Å². The zero-order valence-corrected chi connectivity index (χ0v) is 27.8. The summed E-state index contributed by atoms with van der Waals surface area (Å²) in [6, 6.07) is 19.2. The molecule has 10 heteroatoms. The normalized spacial score (nSPS) is 17.4. The van der Waals surface area contributed by atoms with Gasteiger partial charge in [0, 0.05) is 43.5 Å². The molecule has 2 N–H and O–H groups in total. The third-order valence-corrected chi connectivity index (χ3v) is 9.86. The van der Waals surface area contributed by atoms with Crippen molar-refractivity contribution in [2.45, 2.75) is 51.8 Å². The summed E-state index contributed by atoms with van der Waals surface area (Å²) in [4.78, 5) is 27.1. The van der Waals surface area contributed by atoms with Crippen LogP contribution in [-0.4, -0.2) is 63.1 Å². The van der Waals surface area contributed by atoms with E-state index in [1.165, 1.54) is 19.3 Å². The van der Waals surface area contributed by atoms with Crippen LogP contribution < -0.4 is 5.32 Å². The van der Waals surface area contributed by atoms with E-state index in [0.717, 1.165) is 71.5 Å². The summed E-state index contributed by atoms with van der Waals surface area (Å²) in [6.07, 6.45) is 5.98. The number of benzene rings is 3. The summed E-state index contributed by atoms with van der Waals surface area (Å²) >= 11 is 13.6. The molecule has 2 aromatic heterocycles. The lowest BCUT2D eigenvalue weighted by Crippen LogP contribution is -2.29. The molecule has 1 unspecified atom stereocenters. The van der Waals surface area contributed by atoms with Crippen LogP contribution in [0.4, 0.5) is 5.69 Å². The Balaban J connectivity index is 1.10. The number of fused-ring (bicyclic) bond motifs is 1. The lowest BCUT2D eigenvalue weighted by Gasteiger charge is -2.26. The van der Waals surface area contributed by atoms with Gasteiger partial charge in [0.2, 0.25) is 5.89 Å². The van der Waals surface area contributed by atoms with Crippen LogP contribution in [0.1, 0.15) is 52.9 Å². The largest absolute Gasteiger partial charge is 0.434 e. The number of anilines is 1. The summed E-state index contributed by atoms with van der Waals surface area (Å²) in [5.41, 5.74) is 7.68. The second kappa shape index (κ2) is 13.7. The Morgan fingerprint density at radius 1 is 0.936 bits per heavy atom. The van der Waals surface area contributed by atoms with Crippen LogP contribution in [0.2, 0.25) is 10.0 Å². The summed E-state index contributed by atoms with van der Waals surface area (Å²) in [7, 11) is 0. The molecule has 5 aromatic rings. The van der Waals surface area contributed by atoms with Gasteiger partial charge in [-0.05, 0) is 91.9 Å². The molecule has 0 bridgehead atoms. The van der Waals surface area contributed by atoms with Crippen molar-refractivity contribution in [1.29, 1.82) is 0 Å². The van der Waals surface area contributed by atoms with Gasteiger partial charge in [-0.25, -0.2) is 4.98 Å². The lowest BCUT2D eigenvalue weighted by molar-refractivity contribution is 0.102. The fraction of sp³-hybridized carbons (Fsp3) is 0.324. The number of aromatic nitrogens is 2. The number of hydrogen-bond donors (Lipinski definition) is 2.